The number of hydrogen-bond acceptors (Lipinski definition) is 2. The van der Waals surface area contributed by atoms with Gasteiger partial charge in [0.2, 0.25) is 0 Å². The third kappa shape index (κ3) is 4.67. The molecule has 0 saturated carbocycles. The first-order valence-electron chi connectivity index (χ1n) is 9.57. The Labute approximate surface area is 159 Å². The lowest BCUT2D eigenvalue weighted by atomic mass is 10.1. The van der Waals surface area contributed by atoms with Crippen LogP contribution in [-0.4, -0.2) is 21.6 Å². The van der Waals surface area contributed by atoms with Gasteiger partial charge in [-0.3, -0.25) is 9.59 Å². The fourth-order valence-corrected chi connectivity index (χ4v) is 3.17. The number of benzene rings is 1. The molecule has 5 heteroatoms. The Morgan fingerprint density at radius 3 is 2.44 bits per heavy atom. The summed E-state index contributed by atoms with van der Waals surface area (Å²) in [6, 6.07) is 11.3. The van der Waals surface area contributed by atoms with Gasteiger partial charge in [-0.15, -0.1) is 0 Å². The van der Waals surface area contributed by atoms with Crippen molar-refractivity contribution >= 4 is 16.7 Å². The van der Waals surface area contributed by atoms with E-state index in [0.29, 0.717) is 35.3 Å². The molecule has 0 aliphatic heterocycles. The van der Waals surface area contributed by atoms with Gasteiger partial charge in [-0.1, -0.05) is 32.0 Å². The summed E-state index contributed by atoms with van der Waals surface area (Å²) in [5.74, 6) is 0.367. The fourth-order valence-electron chi connectivity index (χ4n) is 3.17. The second-order valence-electron chi connectivity index (χ2n) is 7.30. The summed E-state index contributed by atoms with van der Waals surface area (Å²) in [6.07, 6.45) is 7.50. The molecule has 0 aliphatic rings. The zero-order valence-corrected chi connectivity index (χ0v) is 16.0. The van der Waals surface area contributed by atoms with Crippen molar-refractivity contribution in [1.29, 1.82) is 0 Å². The van der Waals surface area contributed by atoms with Gasteiger partial charge in [0.15, 0.2) is 0 Å². The van der Waals surface area contributed by atoms with Gasteiger partial charge in [0.25, 0.3) is 11.5 Å². The van der Waals surface area contributed by atoms with E-state index in [1.165, 1.54) is 0 Å². The molecule has 0 unspecified atom stereocenters. The van der Waals surface area contributed by atoms with Crippen molar-refractivity contribution in [3.8, 4) is 0 Å². The van der Waals surface area contributed by atoms with E-state index in [0.717, 1.165) is 19.4 Å². The van der Waals surface area contributed by atoms with E-state index in [4.69, 9.17) is 0 Å². The van der Waals surface area contributed by atoms with E-state index in [1.807, 2.05) is 42.7 Å². The van der Waals surface area contributed by atoms with Crippen LogP contribution in [0, 0.1) is 5.92 Å². The number of aromatic nitrogens is 2. The second kappa shape index (κ2) is 8.71. The van der Waals surface area contributed by atoms with E-state index in [-0.39, 0.29) is 11.5 Å². The molecule has 0 spiro atoms. The Bertz CT molecular complexity index is 955. The molecule has 1 N–H and O–H groups in total. The first kappa shape index (κ1) is 19.0. The van der Waals surface area contributed by atoms with E-state index in [1.54, 1.807) is 16.8 Å². The topological polar surface area (TPSA) is 56.0 Å². The second-order valence-corrected chi connectivity index (χ2v) is 7.30. The van der Waals surface area contributed by atoms with Crippen LogP contribution in [0.25, 0.3) is 10.8 Å². The number of nitrogens with one attached hydrogen (secondary N) is 1. The third-order valence-electron chi connectivity index (χ3n) is 4.73. The molecule has 0 aliphatic carbocycles. The number of hydrogen-bond donors (Lipinski definition) is 1. The van der Waals surface area contributed by atoms with E-state index in [2.05, 4.69) is 23.7 Å². The minimum absolute atomic E-state index is 0.0320. The Morgan fingerprint density at radius 2 is 1.74 bits per heavy atom. The standard InChI is InChI=1S/C22H27N3O2/c1-17(2)10-15-25-16-20(18-8-3-4-9-19(18)22(25)27)21(26)23-11-7-14-24-12-5-6-13-24/h3-6,8-9,12-13,16-17H,7,10-11,14-15H2,1-2H3,(H,23,26). The van der Waals surface area contributed by atoms with Crippen LogP contribution in [0.5, 0.6) is 0 Å². The molecular formula is C22H27N3O2. The molecule has 1 aromatic carbocycles. The monoisotopic (exact) mass is 365 g/mol. The maximum absolute atomic E-state index is 12.8. The zero-order valence-electron chi connectivity index (χ0n) is 16.0. The number of rotatable bonds is 8. The summed E-state index contributed by atoms with van der Waals surface area (Å²) in [4.78, 5) is 25.5. The third-order valence-corrected chi connectivity index (χ3v) is 4.73. The van der Waals surface area contributed by atoms with Gasteiger partial charge in [-0.05, 0) is 37.0 Å². The number of pyridine rings is 1. The highest BCUT2D eigenvalue weighted by Crippen LogP contribution is 2.16. The summed E-state index contributed by atoms with van der Waals surface area (Å²) in [5, 5.41) is 4.31. The SMILES string of the molecule is CC(C)CCn1cc(C(=O)NCCCn2cccc2)c2ccccc2c1=O. The van der Waals surface area contributed by atoms with Crippen molar-refractivity contribution in [2.75, 3.05) is 6.54 Å². The quantitative estimate of drug-likeness (QED) is 0.619. The minimum atomic E-state index is -0.128. The highest BCUT2D eigenvalue weighted by atomic mass is 16.2. The molecule has 3 aromatic rings. The number of nitrogens with zero attached hydrogens (tertiary/aromatic N) is 2. The fraction of sp³-hybridized carbons (Fsp3) is 0.364. The van der Waals surface area contributed by atoms with Crippen molar-refractivity contribution in [2.45, 2.75) is 39.8 Å². The van der Waals surface area contributed by atoms with Crippen LogP contribution in [0.15, 0.2) is 59.8 Å². The lowest BCUT2D eigenvalue weighted by molar-refractivity contribution is 0.0953. The van der Waals surface area contributed by atoms with Crippen LogP contribution in [0.1, 0.15) is 37.0 Å². The predicted molar refractivity (Wildman–Crippen MR) is 109 cm³/mol. The summed E-state index contributed by atoms with van der Waals surface area (Å²) < 4.78 is 3.77. The smallest absolute Gasteiger partial charge is 0.258 e. The van der Waals surface area contributed by atoms with Crippen LogP contribution in [0.3, 0.4) is 0 Å². The molecule has 5 nitrogen and oxygen atoms in total. The average Bonchev–Trinajstić information content (AvgIpc) is 3.18. The van der Waals surface area contributed by atoms with Gasteiger partial charge in [0.05, 0.1) is 5.56 Å². The molecule has 0 atom stereocenters. The van der Waals surface area contributed by atoms with Crippen LogP contribution in [-0.2, 0) is 13.1 Å². The molecule has 27 heavy (non-hydrogen) atoms. The largest absolute Gasteiger partial charge is 0.354 e. The van der Waals surface area contributed by atoms with Crippen LogP contribution >= 0.6 is 0 Å². The van der Waals surface area contributed by atoms with Gasteiger partial charge >= 0.3 is 0 Å². The van der Waals surface area contributed by atoms with E-state index in [9.17, 15) is 9.59 Å². The van der Waals surface area contributed by atoms with Gasteiger partial charge < -0.3 is 14.5 Å². The number of carbonyl (C=O) groups excluding carboxylic acids is 1. The van der Waals surface area contributed by atoms with Crippen molar-refractivity contribution in [1.82, 2.24) is 14.5 Å². The highest BCUT2D eigenvalue weighted by molar-refractivity contribution is 6.06. The molecule has 0 saturated heterocycles. The Kier molecular flexibility index (Phi) is 6.12. The molecule has 0 radical (unpaired) electrons. The number of fused-ring (bicyclic) bond motifs is 1. The average molecular weight is 365 g/mol. The Morgan fingerprint density at radius 1 is 1.04 bits per heavy atom. The number of aryl methyl sites for hydroxylation is 2. The van der Waals surface area contributed by atoms with Crippen molar-refractivity contribution in [2.24, 2.45) is 5.92 Å². The minimum Gasteiger partial charge on any atom is -0.354 e. The van der Waals surface area contributed by atoms with E-state index >= 15 is 0 Å². The molecule has 0 bridgehead atoms. The molecule has 1 amide bonds. The summed E-state index contributed by atoms with van der Waals surface area (Å²) in [5.41, 5.74) is 0.533. The lowest BCUT2D eigenvalue weighted by Crippen LogP contribution is -2.29. The summed E-state index contributed by atoms with van der Waals surface area (Å²) in [7, 11) is 0. The van der Waals surface area contributed by atoms with Gasteiger partial charge in [-0.25, -0.2) is 0 Å². The maximum Gasteiger partial charge on any atom is 0.258 e. The highest BCUT2D eigenvalue weighted by Gasteiger charge is 2.14. The molecular weight excluding hydrogens is 338 g/mol. The Hall–Kier alpha value is -2.82. The summed E-state index contributed by atoms with van der Waals surface area (Å²) in [6.45, 7) is 6.34. The lowest BCUT2D eigenvalue weighted by Gasteiger charge is -2.13. The summed E-state index contributed by atoms with van der Waals surface area (Å²) >= 11 is 0. The zero-order chi connectivity index (χ0) is 19.2. The van der Waals surface area contributed by atoms with Crippen molar-refractivity contribution < 1.29 is 4.79 Å². The van der Waals surface area contributed by atoms with E-state index < -0.39 is 0 Å². The molecule has 142 valence electrons. The maximum atomic E-state index is 12.8. The normalized spacial score (nSPS) is 11.2. The van der Waals surface area contributed by atoms with Crippen molar-refractivity contribution in [3.05, 3.63) is 70.9 Å². The van der Waals surface area contributed by atoms with Crippen LogP contribution < -0.4 is 10.9 Å². The van der Waals surface area contributed by atoms with Gasteiger partial charge in [0, 0.05) is 49.0 Å². The Balaban J connectivity index is 1.78. The molecule has 2 heterocycles. The first-order valence-corrected chi connectivity index (χ1v) is 9.57. The molecule has 3 rings (SSSR count). The van der Waals surface area contributed by atoms with Gasteiger partial charge in [-0.2, -0.15) is 0 Å². The first-order chi connectivity index (χ1) is 13.1. The van der Waals surface area contributed by atoms with Crippen LogP contribution in [0.4, 0.5) is 0 Å². The molecule has 0 fully saturated rings. The number of carbonyl (C=O) groups is 1. The molecule has 2 aromatic heterocycles. The predicted octanol–water partition coefficient (Wildman–Crippen LogP) is 3.67. The van der Waals surface area contributed by atoms with Crippen LogP contribution in [0.2, 0.25) is 0 Å². The number of amides is 1. The van der Waals surface area contributed by atoms with Crippen molar-refractivity contribution in [3.63, 3.8) is 0 Å². The van der Waals surface area contributed by atoms with Gasteiger partial charge in [0.1, 0.15) is 0 Å².